The number of rotatable bonds is 15. The third kappa shape index (κ3) is 7.52. The van der Waals surface area contributed by atoms with Crippen LogP contribution in [-0.2, 0) is 20.8 Å². The highest BCUT2D eigenvalue weighted by Gasteiger charge is 2.26. The molecule has 0 fully saturated rings. The minimum Gasteiger partial charge on any atom is -0.463 e. The van der Waals surface area contributed by atoms with E-state index in [-0.39, 0.29) is 5.97 Å². The number of carbonyl (C=O) groups is 1. The highest BCUT2D eigenvalue weighted by Crippen LogP contribution is 2.46. The zero-order chi connectivity index (χ0) is 28.3. The fourth-order valence-corrected chi connectivity index (χ4v) is 5.85. The number of hydrogen-bond acceptors (Lipinski definition) is 8. The molecule has 0 saturated carbocycles. The molecule has 3 aromatic rings. The van der Waals surface area contributed by atoms with Crippen molar-refractivity contribution in [1.82, 2.24) is 19.5 Å². The molecule has 0 atom stereocenters. The lowest BCUT2D eigenvalue weighted by atomic mass is 10.0. The predicted molar refractivity (Wildman–Crippen MR) is 160 cm³/mol. The van der Waals surface area contributed by atoms with E-state index in [1.165, 1.54) is 32.1 Å². The molecular formula is C31H41N5O3S. The Balaban J connectivity index is 1.48. The zero-order valence-electron chi connectivity index (χ0n) is 24.2. The number of fused-ring (bicyclic) bond motifs is 2. The average molecular weight is 564 g/mol. The molecular weight excluding hydrogens is 522 g/mol. The molecule has 40 heavy (non-hydrogen) atoms. The molecule has 1 aliphatic rings. The zero-order valence-corrected chi connectivity index (χ0v) is 25.0. The minimum atomic E-state index is -0.240. The van der Waals surface area contributed by atoms with E-state index < -0.39 is 0 Å². The first-order valence-corrected chi connectivity index (χ1v) is 15.1. The number of hydrogen-bond donors (Lipinski definition) is 0. The van der Waals surface area contributed by atoms with Crippen LogP contribution in [0, 0.1) is 6.92 Å². The van der Waals surface area contributed by atoms with Gasteiger partial charge in [-0.15, -0.1) is 0 Å². The Labute approximate surface area is 242 Å². The van der Waals surface area contributed by atoms with Gasteiger partial charge in [0.1, 0.15) is 11.8 Å². The van der Waals surface area contributed by atoms with Crippen LogP contribution in [0.25, 0.3) is 6.08 Å². The molecule has 0 radical (unpaired) electrons. The Hall–Kier alpha value is -3.17. The first kappa shape index (κ1) is 29.8. The van der Waals surface area contributed by atoms with Crippen LogP contribution in [0.15, 0.2) is 52.4 Å². The summed E-state index contributed by atoms with van der Waals surface area (Å²) in [6, 6.07) is 6.44. The van der Waals surface area contributed by atoms with Gasteiger partial charge in [-0.2, -0.15) is 0 Å². The lowest BCUT2D eigenvalue weighted by Gasteiger charge is -2.30. The van der Waals surface area contributed by atoms with E-state index in [9.17, 15) is 4.79 Å². The van der Waals surface area contributed by atoms with Gasteiger partial charge in [-0.3, -0.25) is 4.90 Å². The lowest BCUT2D eigenvalue weighted by molar-refractivity contribution is -0.138. The topological polar surface area (TPSA) is 82.4 Å². The maximum atomic E-state index is 12.7. The van der Waals surface area contributed by atoms with Crippen molar-refractivity contribution < 1.29 is 14.3 Å². The van der Waals surface area contributed by atoms with Gasteiger partial charge in [0.15, 0.2) is 5.82 Å². The maximum absolute atomic E-state index is 12.7. The number of imidazole rings is 1. The molecule has 9 heteroatoms. The second-order valence-electron chi connectivity index (χ2n) is 10.0. The van der Waals surface area contributed by atoms with Crippen LogP contribution in [0.1, 0.15) is 82.2 Å². The van der Waals surface area contributed by atoms with Gasteiger partial charge in [0.05, 0.1) is 24.3 Å². The van der Waals surface area contributed by atoms with E-state index in [0.717, 1.165) is 51.2 Å². The van der Waals surface area contributed by atoms with Crippen LogP contribution in [0.5, 0.6) is 0 Å². The molecule has 0 amide bonds. The SMILES string of the molecule is CCCCCCCCC/C(=C\c1ncn(Cc2ccc3c(c2)N(COC)c2nccnc2S3)c1C)C(=O)OCC. The summed E-state index contributed by atoms with van der Waals surface area (Å²) < 4.78 is 13.0. The molecule has 8 nitrogen and oxygen atoms in total. The van der Waals surface area contributed by atoms with Crippen LogP contribution >= 0.6 is 11.8 Å². The Kier molecular flexibility index (Phi) is 11.2. The van der Waals surface area contributed by atoms with E-state index >= 15 is 0 Å². The molecule has 2 aromatic heterocycles. The van der Waals surface area contributed by atoms with Gasteiger partial charge in [0, 0.05) is 42.2 Å². The molecule has 0 saturated heterocycles. The summed E-state index contributed by atoms with van der Waals surface area (Å²) in [4.78, 5) is 29.6. The quantitative estimate of drug-likeness (QED) is 0.108. The smallest absolute Gasteiger partial charge is 0.334 e. The normalized spacial score (nSPS) is 12.8. The standard InChI is InChI=1S/C31H41N5O3S/c1-5-7-8-9-10-11-12-13-25(31(37)39-6-2)19-26-23(3)35(21-34-26)20-24-14-15-28-27(18-24)36(22-38-4)29-30(40-28)33-17-16-32-29/h14-19,21H,5-13,20,22H2,1-4H3/b25-19+. The number of unbranched alkanes of at least 4 members (excludes halogenated alkanes) is 6. The Bertz CT molecular complexity index is 1310. The van der Waals surface area contributed by atoms with Crippen LogP contribution in [-0.4, -0.2) is 45.9 Å². The largest absolute Gasteiger partial charge is 0.463 e. The number of methoxy groups -OCH3 is 1. The fraction of sp³-hybridized carbons (Fsp3) is 0.484. The summed E-state index contributed by atoms with van der Waals surface area (Å²) in [7, 11) is 1.68. The number of ether oxygens (including phenoxy) is 2. The average Bonchev–Trinajstić information content (AvgIpc) is 3.30. The molecule has 0 bridgehead atoms. The Morgan fingerprint density at radius 2 is 1.80 bits per heavy atom. The summed E-state index contributed by atoms with van der Waals surface area (Å²) in [5.74, 6) is 0.564. The number of aromatic nitrogens is 4. The molecule has 0 aliphatic carbocycles. The van der Waals surface area contributed by atoms with Crippen molar-refractivity contribution in [2.45, 2.75) is 88.6 Å². The fourth-order valence-electron chi connectivity index (χ4n) is 4.86. The summed E-state index contributed by atoms with van der Waals surface area (Å²) in [6.45, 7) is 7.54. The van der Waals surface area contributed by atoms with Gasteiger partial charge in [0.2, 0.25) is 0 Å². The van der Waals surface area contributed by atoms with E-state index in [4.69, 9.17) is 9.47 Å². The van der Waals surface area contributed by atoms with Gasteiger partial charge in [-0.25, -0.2) is 19.7 Å². The van der Waals surface area contributed by atoms with Gasteiger partial charge in [0.25, 0.3) is 0 Å². The molecule has 214 valence electrons. The van der Waals surface area contributed by atoms with Gasteiger partial charge in [-0.05, 0) is 50.5 Å². The number of esters is 1. The maximum Gasteiger partial charge on any atom is 0.334 e. The number of benzene rings is 1. The van der Waals surface area contributed by atoms with Gasteiger partial charge < -0.3 is 14.0 Å². The first-order chi connectivity index (χ1) is 19.5. The molecule has 1 aliphatic heterocycles. The molecule has 0 N–H and O–H groups in total. The summed E-state index contributed by atoms with van der Waals surface area (Å²) in [5, 5.41) is 0.871. The number of anilines is 2. The van der Waals surface area contributed by atoms with Gasteiger partial charge >= 0.3 is 5.97 Å². The van der Waals surface area contributed by atoms with Crippen molar-refractivity contribution in [3.05, 3.63) is 59.4 Å². The third-order valence-corrected chi connectivity index (χ3v) is 8.12. The van der Waals surface area contributed by atoms with Gasteiger partial charge in [-0.1, -0.05) is 63.3 Å². The molecule has 3 heterocycles. The Morgan fingerprint density at radius 1 is 1.02 bits per heavy atom. The molecule has 1 aromatic carbocycles. The monoisotopic (exact) mass is 563 g/mol. The first-order valence-electron chi connectivity index (χ1n) is 14.3. The lowest BCUT2D eigenvalue weighted by Crippen LogP contribution is -2.24. The third-order valence-electron chi connectivity index (χ3n) is 7.07. The second kappa shape index (κ2) is 15.0. The number of carbonyl (C=O) groups excluding carboxylic acids is 1. The van der Waals surface area contributed by atoms with Crippen LogP contribution in [0.3, 0.4) is 0 Å². The van der Waals surface area contributed by atoms with E-state index in [1.807, 2.05) is 26.3 Å². The highest BCUT2D eigenvalue weighted by atomic mass is 32.2. The van der Waals surface area contributed by atoms with E-state index in [0.29, 0.717) is 31.9 Å². The van der Waals surface area contributed by atoms with Crippen LogP contribution in [0.2, 0.25) is 0 Å². The Morgan fingerprint density at radius 3 is 2.58 bits per heavy atom. The van der Waals surface area contributed by atoms with E-state index in [2.05, 4.69) is 49.5 Å². The molecule has 0 unspecified atom stereocenters. The van der Waals surface area contributed by atoms with Crippen molar-refractivity contribution in [1.29, 1.82) is 0 Å². The van der Waals surface area contributed by atoms with Crippen LogP contribution in [0.4, 0.5) is 11.5 Å². The molecule has 0 spiro atoms. The predicted octanol–water partition coefficient (Wildman–Crippen LogP) is 7.32. The van der Waals surface area contributed by atoms with Crippen LogP contribution < -0.4 is 4.90 Å². The summed E-state index contributed by atoms with van der Waals surface area (Å²) >= 11 is 1.62. The van der Waals surface area contributed by atoms with Crippen molar-refractivity contribution in [2.75, 3.05) is 25.3 Å². The highest BCUT2D eigenvalue weighted by molar-refractivity contribution is 7.99. The van der Waals surface area contributed by atoms with Crippen molar-refractivity contribution in [3.8, 4) is 0 Å². The van der Waals surface area contributed by atoms with Crippen molar-refractivity contribution >= 4 is 35.3 Å². The number of nitrogens with zero attached hydrogens (tertiary/aromatic N) is 5. The second-order valence-corrected chi connectivity index (χ2v) is 11.1. The minimum absolute atomic E-state index is 0.240. The van der Waals surface area contributed by atoms with Crippen molar-refractivity contribution in [3.63, 3.8) is 0 Å². The van der Waals surface area contributed by atoms with E-state index in [1.54, 1.807) is 31.3 Å². The summed E-state index contributed by atoms with van der Waals surface area (Å²) in [5.41, 5.74) is 4.71. The summed E-state index contributed by atoms with van der Waals surface area (Å²) in [6.07, 6.45) is 16.3. The van der Waals surface area contributed by atoms with Crippen molar-refractivity contribution in [2.24, 2.45) is 0 Å². The molecule has 4 rings (SSSR count).